The molecule has 3 nitrogen and oxygen atoms in total. The van der Waals surface area contributed by atoms with Gasteiger partial charge in [0, 0.05) is 19.0 Å². The molecule has 1 aliphatic heterocycles. The first-order valence-electron chi connectivity index (χ1n) is 7.75. The molecule has 104 valence electrons. The van der Waals surface area contributed by atoms with E-state index in [1.165, 1.54) is 32.1 Å². The van der Waals surface area contributed by atoms with E-state index >= 15 is 0 Å². The summed E-state index contributed by atoms with van der Waals surface area (Å²) in [5, 5.41) is 0. The summed E-state index contributed by atoms with van der Waals surface area (Å²) in [6.45, 7) is 4.90. The molecule has 1 unspecified atom stereocenters. The van der Waals surface area contributed by atoms with Crippen LogP contribution >= 0.6 is 0 Å². The topological polar surface area (TPSA) is 46.3 Å². The number of amides is 1. The SMILES string of the molecule is CCC1CCCN(C(=O)[C@@H]2CCC[C@@H]2CN)CC1. The molecule has 0 radical (unpaired) electrons. The third-order valence-corrected chi connectivity index (χ3v) is 5.02. The fourth-order valence-electron chi connectivity index (χ4n) is 3.67. The van der Waals surface area contributed by atoms with Crippen LogP contribution < -0.4 is 5.73 Å². The van der Waals surface area contributed by atoms with E-state index < -0.39 is 0 Å². The molecule has 0 bridgehead atoms. The van der Waals surface area contributed by atoms with Crippen molar-refractivity contribution in [3.8, 4) is 0 Å². The maximum absolute atomic E-state index is 12.6. The number of carbonyl (C=O) groups is 1. The molecule has 1 heterocycles. The zero-order valence-corrected chi connectivity index (χ0v) is 11.7. The maximum atomic E-state index is 12.6. The lowest BCUT2D eigenvalue weighted by Crippen LogP contribution is -2.39. The summed E-state index contributed by atoms with van der Waals surface area (Å²) in [5.41, 5.74) is 5.80. The first-order chi connectivity index (χ1) is 8.76. The van der Waals surface area contributed by atoms with Gasteiger partial charge in [-0.15, -0.1) is 0 Å². The molecule has 0 spiro atoms. The third-order valence-electron chi connectivity index (χ3n) is 5.02. The molecule has 2 N–H and O–H groups in total. The molecule has 1 aliphatic carbocycles. The normalized spacial score (nSPS) is 33.4. The van der Waals surface area contributed by atoms with E-state index in [4.69, 9.17) is 5.73 Å². The molecule has 1 amide bonds. The van der Waals surface area contributed by atoms with Crippen molar-refractivity contribution in [2.45, 2.75) is 51.9 Å². The van der Waals surface area contributed by atoms with Gasteiger partial charge in [0.15, 0.2) is 0 Å². The summed E-state index contributed by atoms with van der Waals surface area (Å²) in [7, 11) is 0. The molecule has 3 atom stereocenters. The Balaban J connectivity index is 1.92. The summed E-state index contributed by atoms with van der Waals surface area (Å²) in [6, 6.07) is 0. The molecule has 0 aromatic rings. The number of nitrogens with zero attached hydrogens (tertiary/aromatic N) is 1. The maximum Gasteiger partial charge on any atom is 0.226 e. The van der Waals surface area contributed by atoms with Gasteiger partial charge in [-0.05, 0) is 50.5 Å². The van der Waals surface area contributed by atoms with Crippen molar-refractivity contribution in [1.82, 2.24) is 4.90 Å². The number of hydrogen-bond acceptors (Lipinski definition) is 2. The fourth-order valence-corrected chi connectivity index (χ4v) is 3.67. The van der Waals surface area contributed by atoms with Gasteiger partial charge in [0.05, 0.1) is 0 Å². The van der Waals surface area contributed by atoms with Crippen molar-refractivity contribution in [2.75, 3.05) is 19.6 Å². The van der Waals surface area contributed by atoms with E-state index in [1.807, 2.05) is 0 Å². The average molecular weight is 252 g/mol. The van der Waals surface area contributed by atoms with E-state index in [2.05, 4.69) is 11.8 Å². The molecule has 1 saturated carbocycles. The summed E-state index contributed by atoms with van der Waals surface area (Å²) in [4.78, 5) is 14.7. The summed E-state index contributed by atoms with van der Waals surface area (Å²) in [6.07, 6.45) is 8.34. The van der Waals surface area contributed by atoms with Crippen molar-refractivity contribution in [3.05, 3.63) is 0 Å². The van der Waals surface area contributed by atoms with Crippen molar-refractivity contribution in [2.24, 2.45) is 23.5 Å². The van der Waals surface area contributed by atoms with Crippen LogP contribution in [0.5, 0.6) is 0 Å². The first kappa shape index (κ1) is 13.9. The average Bonchev–Trinajstić information content (AvgIpc) is 2.74. The van der Waals surface area contributed by atoms with Gasteiger partial charge >= 0.3 is 0 Å². The highest BCUT2D eigenvalue weighted by Crippen LogP contribution is 2.33. The highest BCUT2D eigenvalue weighted by molar-refractivity contribution is 5.79. The minimum absolute atomic E-state index is 0.230. The van der Waals surface area contributed by atoms with Crippen LogP contribution in [0.1, 0.15) is 51.9 Å². The van der Waals surface area contributed by atoms with Crippen LogP contribution in [-0.4, -0.2) is 30.4 Å². The van der Waals surface area contributed by atoms with Crippen LogP contribution in [0.4, 0.5) is 0 Å². The molecule has 18 heavy (non-hydrogen) atoms. The zero-order valence-electron chi connectivity index (χ0n) is 11.7. The van der Waals surface area contributed by atoms with Gasteiger partial charge in [-0.1, -0.05) is 19.8 Å². The van der Waals surface area contributed by atoms with E-state index in [9.17, 15) is 4.79 Å². The number of nitrogens with two attached hydrogens (primary N) is 1. The van der Waals surface area contributed by atoms with Crippen molar-refractivity contribution >= 4 is 5.91 Å². The first-order valence-corrected chi connectivity index (χ1v) is 7.75. The Morgan fingerprint density at radius 1 is 1.17 bits per heavy atom. The minimum atomic E-state index is 0.230. The van der Waals surface area contributed by atoms with Crippen molar-refractivity contribution in [1.29, 1.82) is 0 Å². The van der Waals surface area contributed by atoms with Crippen LogP contribution in [-0.2, 0) is 4.79 Å². The second kappa shape index (κ2) is 6.55. The molecule has 1 saturated heterocycles. The standard InChI is InChI=1S/C15H28N2O/c1-2-12-5-4-9-17(10-8-12)15(18)14-7-3-6-13(14)11-16/h12-14H,2-11,16H2,1H3/t12?,13-,14-/m1/s1. The van der Waals surface area contributed by atoms with Gasteiger partial charge in [0.25, 0.3) is 0 Å². The van der Waals surface area contributed by atoms with Gasteiger partial charge in [-0.2, -0.15) is 0 Å². The Morgan fingerprint density at radius 3 is 2.72 bits per heavy atom. The lowest BCUT2D eigenvalue weighted by atomic mass is 9.94. The predicted octanol–water partition coefficient (Wildman–Crippen LogP) is 2.40. The van der Waals surface area contributed by atoms with Gasteiger partial charge in [0.1, 0.15) is 0 Å². The number of hydrogen-bond donors (Lipinski definition) is 1. The van der Waals surface area contributed by atoms with Gasteiger partial charge in [-0.25, -0.2) is 0 Å². The van der Waals surface area contributed by atoms with Crippen LogP contribution in [0.25, 0.3) is 0 Å². The third kappa shape index (κ3) is 3.05. The van der Waals surface area contributed by atoms with Crippen LogP contribution in [0, 0.1) is 17.8 Å². The lowest BCUT2D eigenvalue weighted by Gasteiger charge is -2.27. The molecule has 0 aromatic carbocycles. The fraction of sp³-hybridized carbons (Fsp3) is 0.933. The van der Waals surface area contributed by atoms with Gasteiger partial charge in [-0.3, -0.25) is 4.79 Å². The Hall–Kier alpha value is -0.570. The lowest BCUT2D eigenvalue weighted by molar-refractivity contribution is -0.136. The molecule has 2 rings (SSSR count). The second-order valence-corrected chi connectivity index (χ2v) is 6.06. The Kier molecular flexibility index (Phi) is 5.04. The predicted molar refractivity (Wildman–Crippen MR) is 74.1 cm³/mol. The molecular weight excluding hydrogens is 224 g/mol. The van der Waals surface area contributed by atoms with Crippen LogP contribution in [0.3, 0.4) is 0 Å². The molecular formula is C15H28N2O. The Labute approximate surface area is 111 Å². The largest absolute Gasteiger partial charge is 0.342 e. The monoisotopic (exact) mass is 252 g/mol. The smallest absolute Gasteiger partial charge is 0.226 e. The van der Waals surface area contributed by atoms with E-state index in [-0.39, 0.29) is 5.92 Å². The van der Waals surface area contributed by atoms with Crippen molar-refractivity contribution in [3.63, 3.8) is 0 Å². The molecule has 2 fully saturated rings. The van der Waals surface area contributed by atoms with E-state index in [1.54, 1.807) is 0 Å². The van der Waals surface area contributed by atoms with Crippen molar-refractivity contribution < 1.29 is 4.79 Å². The molecule has 3 heteroatoms. The van der Waals surface area contributed by atoms with E-state index in [0.717, 1.165) is 31.8 Å². The Bertz CT molecular complexity index is 280. The van der Waals surface area contributed by atoms with Gasteiger partial charge < -0.3 is 10.6 Å². The Morgan fingerprint density at radius 2 is 2.00 bits per heavy atom. The summed E-state index contributed by atoms with van der Waals surface area (Å²) < 4.78 is 0. The van der Waals surface area contributed by atoms with E-state index in [0.29, 0.717) is 18.4 Å². The summed E-state index contributed by atoms with van der Waals surface area (Å²) >= 11 is 0. The van der Waals surface area contributed by atoms with Crippen LogP contribution in [0.2, 0.25) is 0 Å². The molecule has 0 aromatic heterocycles. The number of likely N-dealkylation sites (tertiary alicyclic amines) is 1. The van der Waals surface area contributed by atoms with Gasteiger partial charge in [0.2, 0.25) is 5.91 Å². The quantitative estimate of drug-likeness (QED) is 0.838. The highest BCUT2D eigenvalue weighted by Gasteiger charge is 2.35. The second-order valence-electron chi connectivity index (χ2n) is 6.06. The number of carbonyl (C=O) groups excluding carboxylic acids is 1. The number of rotatable bonds is 3. The van der Waals surface area contributed by atoms with Crippen LogP contribution in [0.15, 0.2) is 0 Å². The minimum Gasteiger partial charge on any atom is -0.342 e. The summed E-state index contributed by atoms with van der Waals surface area (Å²) in [5.74, 6) is 1.91. The molecule has 2 aliphatic rings. The zero-order chi connectivity index (χ0) is 13.0. The highest BCUT2D eigenvalue weighted by atomic mass is 16.2.